The first-order chi connectivity index (χ1) is 13.1. The van der Waals surface area contributed by atoms with Gasteiger partial charge in [-0.15, -0.1) is 0 Å². The molecule has 0 saturated carbocycles. The lowest BCUT2D eigenvalue weighted by Crippen LogP contribution is -2.14. The van der Waals surface area contributed by atoms with Gasteiger partial charge in [0.05, 0.1) is 32.3 Å². The van der Waals surface area contributed by atoms with E-state index in [1.807, 2.05) is 25.1 Å². The van der Waals surface area contributed by atoms with Gasteiger partial charge in [-0.1, -0.05) is 6.07 Å². The highest BCUT2D eigenvalue weighted by molar-refractivity contribution is 6.02. The molecule has 0 atom stereocenters. The molecule has 1 aromatic heterocycles. The summed E-state index contributed by atoms with van der Waals surface area (Å²) in [4.78, 5) is 20.7. The van der Waals surface area contributed by atoms with Gasteiger partial charge in [-0.05, 0) is 48.9 Å². The normalized spacial score (nSPS) is 10.2. The molecule has 0 aliphatic heterocycles. The molecular formula is C20H20N4O3. The van der Waals surface area contributed by atoms with Gasteiger partial charge in [-0.25, -0.2) is 9.97 Å². The topological polar surface area (TPSA) is 85.4 Å². The molecule has 3 aromatic rings. The minimum atomic E-state index is -0.340. The maximum atomic E-state index is 12.3. The van der Waals surface area contributed by atoms with Crippen molar-refractivity contribution in [2.24, 2.45) is 0 Å². The Kier molecular flexibility index (Phi) is 5.51. The van der Waals surface area contributed by atoms with Crippen LogP contribution in [0.5, 0.6) is 11.5 Å². The zero-order valence-electron chi connectivity index (χ0n) is 15.3. The highest BCUT2D eigenvalue weighted by atomic mass is 16.5. The lowest BCUT2D eigenvalue weighted by molar-refractivity contribution is 0.102. The number of amides is 1. The van der Waals surface area contributed by atoms with Crippen molar-refractivity contribution in [2.75, 3.05) is 24.9 Å². The third-order valence-electron chi connectivity index (χ3n) is 3.85. The molecule has 138 valence electrons. The van der Waals surface area contributed by atoms with Gasteiger partial charge in [-0.2, -0.15) is 0 Å². The Balaban J connectivity index is 1.69. The molecule has 0 radical (unpaired) electrons. The summed E-state index contributed by atoms with van der Waals surface area (Å²) < 4.78 is 10.4. The second kappa shape index (κ2) is 8.18. The fourth-order valence-corrected chi connectivity index (χ4v) is 2.44. The summed E-state index contributed by atoms with van der Waals surface area (Å²) in [5, 5.41) is 5.92. The molecule has 0 aliphatic carbocycles. The standard InChI is InChI=1S/C20H20N4O3/c1-13-4-9-18(27-3)16(10-13)24-19-12-21-17(11-22-19)20(25)23-14-5-7-15(26-2)8-6-14/h4-12H,1-3H3,(H,22,24)(H,23,25). The van der Waals surface area contributed by atoms with E-state index in [4.69, 9.17) is 9.47 Å². The summed E-state index contributed by atoms with van der Waals surface area (Å²) in [6.45, 7) is 1.99. The number of hydrogen-bond donors (Lipinski definition) is 2. The summed E-state index contributed by atoms with van der Waals surface area (Å²) in [5.41, 5.74) is 2.73. The van der Waals surface area contributed by atoms with E-state index in [-0.39, 0.29) is 11.6 Å². The number of benzene rings is 2. The van der Waals surface area contributed by atoms with Crippen LogP contribution < -0.4 is 20.1 Å². The molecule has 0 aliphatic rings. The minimum Gasteiger partial charge on any atom is -0.497 e. The molecule has 2 aromatic carbocycles. The van der Waals surface area contributed by atoms with Gasteiger partial charge in [0.1, 0.15) is 23.0 Å². The van der Waals surface area contributed by atoms with Crippen molar-refractivity contribution < 1.29 is 14.3 Å². The average molecular weight is 364 g/mol. The molecule has 7 heteroatoms. The predicted molar refractivity (Wildman–Crippen MR) is 104 cm³/mol. The number of hydrogen-bond acceptors (Lipinski definition) is 6. The summed E-state index contributed by atoms with van der Waals surface area (Å²) >= 11 is 0. The number of methoxy groups -OCH3 is 2. The number of rotatable bonds is 6. The molecule has 0 bridgehead atoms. The van der Waals surface area contributed by atoms with Gasteiger partial charge in [0.2, 0.25) is 0 Å². The van der Waals surface area contributed by atoms with Crippen molar-refractivity contribution >= 4 is 23.1 Å². The predicted octanol–water partition coefficient (Wildman–Crippen LogP) is 3.80. The Labute approximate surface area is 157 Å². The molecule has 0 saturated heterocycles. The van der Waals surface area contributed by atoms with E-state index in [2.05, 4.69) is 20.6 Å². The van der Waals surface area contributed by atoms with Crippen LogP contribution in [0.3, 0.4) is 0 Å². The van der Waals surface area contributed by atoms with Crippen molar-refractivity contribution in [1.82, 2.24) is 9.97 Å². The number of carbonyl (C=O) groups is 1. The third-order valence-corrected chi connectivity index (χ3v) is 3.85. The molecule has 1 heterocycles. The van der Waals surface area contributed by atoms with Crippen LogP contribution in [0.4, 0.5) is 17.2 Å². The highest BCUT2D eigenvalue weighted by Gasteiger charge is 2.10. The van der Waals surface area contributed by atoms with E-state index < -0.39 is 0 Å². The fraction of sp³-hybridized carbons (Fsp3) is 0.150. The first-order valence-electron chi connectivity index (χ1n) is 8.28. The van der Waals surface area contributed by atoms with Gasteiger partial charge in [0, 0.05) is 5.69 Å². The molecule has 0 unspecified atom stereocenters. The van der Waals surface area contributed by atoms with E-state index in [1.165, 1.54) is 12.4 Å². The van der Waals surface area contributed by atoms with Crippen LogP contribution in [0.1, 0.15) is 16.1 Å². The van der Waals surface area contributed by atoms with E-state index >= 15 is 0 Å². The maximum Gasteiger partial charge on any atom is 0.275 e. The van der Waals surface area contributed by atoms with Gasteiger partial charge in [-0.3, -0.25) is 4.79 Å². The summed E-state index contributed by atoms with van der Waals surface area (Å²) in [5.74, 6) is 1.59. The van der Waals surface area contributed by atoms with Crippen LogP contribution in [0, 0.1) is 6.92 Å². The maximum absolute atomic E-state index is 12.3. The van der Waals surface area contributed by atoms with E-state index in [0.717, 1.165) is 17.0 Å². The summed E-state index contributed by atoms with van der Waals surface area (Å²) in [6.07, 6.45) is 2.92. The molecule has 0 spiro atoms. The number of aromatic nitrogens is 2. The van der Waals surface area contributed by atoms with Crippen molar-refractivity contribution in [2.45, 2.75) is 6.92 Å². The Hall–Kier alpha value is -3.61. The van der Waals surface area contributed by atoms with E-state index in [0.29, 0.717) is 17.3 Å². The van der Waals surface area contributed by atoms with Crippen LogP contribution in [0.15, 0.2) is 54.9 Å². The Morgan fingerprint density at radius 3 is 2.37 bits per heavy atom. The number of nitrogens with zero attached hydrogens (tertiary/aromatic N) is 2. The molecule has 3 rings (SSSR count). The quantitative estimate of drug-likeness (QED) is 0.692. The van der Waals surface area contributed by atoms with Crippen LogP contribution in [-0.2, 0) is 0 Å². The third kappa shape index (κ3) is 4.52. The average Bonchev–Trinajstić information content (AvgIpc) is 2.69. The number of carbonyl (C=O) groups excluding carboxylic acids is 1. The van der Waals surface area contributed by atoms with Crippen LogP contribution in [0.25, 0.3) is 0 Å². The molecule has 27 heavy (non-hydrogen) atoms. The van der Waals surface area contributed by atoms with E-state index in [1.54, 1.807) is 38.5 Å². The zero-order valence-corrected chi connectivity index (χ0v) is 15.3. The molecule has 2 N–H and O–H groups in total. The van der Waals surface area contributed by atoms with Crippen LogP contribution in [0.2, 0.25) is 0 Å². The molecule has 1 amide bonds. The first-order valence-corrected chi connectivity index (χ1v) is 8.28. The Morgan fingerprint density at radius 2 is 1.74 bits per heavy atom. The Bertz CT molecular complexity index is 925. The molecule has 0 fully saturated rings. The summed E-state index contributed by atoms with van der Waals surface area (Å²) in [6, 6.07) is 12.8. The van der Waals surface area contributed by atoms with E-state index in [9.17, 15) is 4.79 Å². The van der Waals surface area contributed by atoms with Gasteiger partial charge in [0.15, 0.2) is 0 Å². The second-order valence-corrected chi connectivity index (χ2v) is 5.80. The smallest absolute Gasteiger partial charge is 0.275 e. The van der Waals surface area contributed by atoms with Crippen molar-refractivity contribution in [3.05, 3.63) is 66.1 Å². The van der Waals surface area contributed by atoms with Gasteiger partial charge < -0.3 is 20.1 Å². The van der Waals surface area contributed by atoms with Gasteiger partial charge >= 0.3 is 0 Å². The monoisotopic (exact) mass is 364 g/mol. The number of ether oxygens (including phenoxy) is 2. The molecular weight excluding hydrogens is 344 g/mol. The fourth-order valence-electron chi connectivity index (χ4n) is 2.44. The zero-order chi connectivity index (χ0) is 19.2. The van der Waals surface area contributed by atoms with Crippen LogP contribution >= 0.6 is 0 Å². The second-order valence-electron chi connectivity index (χ2n) is 5.80. The number of anilines is 3. The lowest BCUT2D eigenvalue weighted by Gasteiger charge is -2.11. The largest absolute Gasteiger partial charge is 0.497 e. The number of nitrogens with one attached hydrogen (secondary N) is 2. The van der Waals surface area contributed by atoms with Crippen molar-refractivity contribution in [3.63, 3.8) is 0 Å². The summed E-state index contributed by atoms with van der Waals surface area (Å²) in [7, 11) is 3.19. The number of aryl methyl sites for hydroxylation is 1. The van der Waals surface area contributed by atoms with Crippen LogP contribution in [-0.4, -0.2) is 30.1 Å². The first kappa shape index (κ1) is 18.2. The Morgan fingerprint density at radius 1 is 0.963 bits per heavy atom. The highest BCUT2D eigenvalue weighted by Crippen LogP contribution is 2.27. The minimum absolute atomic E-state index is 0.215. The van der Waals surface area contributed by atoms with Crippen molar-refractivity contribution in [1.29, 1.82) is 0 Å². The lowest BCUT2D eigenvalue weighted by atomic mass is 10.2. The molecule has 7 nitrogen and oxygen atoms in total. The SMILES string of the molecule is COc1ccc(NC(=O)c2cnc(Nc3cc(C)ccc3OC)cn2)cc1. The van der Waals surface area contributed by atoms with Gasteiger partial charge in [0.25, 0.3) is 5.91 Å². The van der Waals surface area contributed by atoms with Crippen molar-refractivity contribution in [3.8, 4) is 11.5 Å².